The molecule has 5 heteroatoms. The van der Waals surface area contributed by atoms with Crippen LogP contribution in [0.1, 0.15) is 24.8 Å². The smallest absolute Gasteiger partial charge is 0.319 e. The van der Waals surface area contributed by atoms with Gasteiger partial charge < -0.3 is 10.6 Å². The number of hydrogen-bond donors (Lipinski definition) is 2. The van der Waals surface area contributed by atoms with Gasteiger partial charge in [-0.2, -0.15) is 0 Å². The Balaban J connectivity index is 1.75. The zero-order chi connectivity index (χ0) is 15.6. The summed E-state index contributed by atoms with van der Waals surface area (Å²) < 4.78 is 0. The lowest BCUT2D eigenvalue weighted by Gasteiger charge is -2.43. The fourth-order valence-electron chi connectivity index (χ4n) is 2.74. The lowest BCUT2D eigenvalue weighted by molar-refractivity contribution is 0.185. The Bertz CT molecular complexity index is 684. The Morgan fingerprint density at radius 3 is 2.41 bits per heavy atom. The van der Waals surface area contributed by atoms with Gasteiger partial charge >= 0.3 is 6.03 Å². The summed E-state index contributed by atoms with van der Waals surface area (Å²) in [6.07, 6.45) is 2.98. The highest BCUT2D eigenvalue weighted by Crippen LogP contribution is 2.41. The molecular weight excluding hydrogens is 319 g/mol. The molecule has 2 N–H and O–H groups in total. The summed E-state index contributed by atoms with van der Waals surface area (Å²) in [4.78, 5) is 12.3. The molecular formula is C17H16Cl2N2O. The quantitative estimate of drug-likeness (QED) is 0.796. The molecule has 0 aliphatic heterocycles. The number of rotatable bonds is 3. The molecule has 0 heterocycles. The normalized spacial score (nSPS) is 15.7. The lowest BCUT2D eigenvalue weighted by Crippen LogP contribution is -2.52. The molecule has 1 fully saturated rings. The number of halogens is 2. The van der Waals surface area contributed by atoms with Crippen molar-refractivity contribution < 1.29 is 4.79 Å². The van der Waals surface area contributed by atoms with Gasteiger partial charge in [-0.3, -0.25) is 0 Å². The molecule has 0 saturated heterocycles. The summed E-state index contributed by atoms with van der Waals surface area (Å²) in [5.41, 5.74) is 1.36. The number of amides is 2. The summed E-state index contributed by atoms with van der Waals surface area (Å²) in [7, 11) is 0. The number of nitrogens with one attached hydrogen (secondary N) is 2. The number of hydrogen-bond acceptors (Lipinski definition) is 1. The molecule has 114 valence electrons. The van der Waals surface area contributed by atoms with E-state index in [1.165, 1.54) is 0 Å². The SMILES string of the molecule is O=C(Nc1cc(Cl)ccc1Cl)NC1(c2ccccc2)CCC1. The average molecular weight is 335 g/mol. The Hall–Kier alpha value is -1.71. The second-order valence-corrected chi connectivity index (χ2v) is 6.35. The van der Waals surface area contributed by atoms with Gasteiger partial charge in [0, 0.05) is 5.02 Å². The van der Waals surface area contributed by atoms with Gasteiger partial charge in [0.05, 0.1) is 16.2 Å². The predicted octanol–water partition coefficient (Wildman–Crippen LogP) is 5.19. The minimum absolute atomic E-state index is 0.271. The van der Waals surface area contributed by atoms with Crippen LogP contribution in [0, 0.1) is 0 Å². The average Bonchev–Trinajstić information content (AvgIpc) is 2.48. The maximum Gasteiger partial charge on any atom is 0.319 e. The number of anilines is 1. The van der Waals surface area contributed by atoms with E-state index in [0.717, 1.165) is 24.8 Å². The highest BCUT2D eigenvalue weighted by Gasteiger charge is 2.39. The van der Waals surface area contributed by atoms with Crippen molar-refractivity contribution in [3.05, 3.63) is 64.1 Å². The summed E-state index contributed by atoms with van der Waals surface area (Å²) in [5, 5.41) is 6.86. The van der Waals surface area contributed by atoms with Crippen molar-refractivity contribution >= 4 is 34.9 Å². The van der Waals surface area contributed by atoms with Gasteiger partial charge in [-0.1, -0.05) is 53.5 Å². The van der Waals surface area contributed by atoms with Gasteiger partial charge in [-0.15, -0.1) is 0 Å². The van der Waals surface area contributed by atoms with Crippen molar-refractivity contribution in [1.29, 1.82) is 0 Å². The largest absolute Gasteiger partial charge is 0.328 e. The van der Waals surface area contributed by atoms with Crippen LogP contribution >= 0.6 is 23.2 Å². The molecule has 22 heavy (non-hydrogen) atoms. The molecule has 2 amide bonds. The van der Waals surface area contributed by atoms with Crippen LogP contribution in [0.2, 0.25) is 10.0 Å². The van der Waals surface area contributed by atoms with E-state index in [1.54, 1.807) is 18.2 Å². The third kappa shape index (κ3) is 3.06. The first-order valence-electron chi connectivity index (χ1n) is 7.19. The molecule has 0 spiro atoms. The Kier molecular flexibility index (Phi) is 4.27. The zero-order valence-corrected chi connectivity index (χ0v) is 13.4. The third-order valence-corrected chi connectivity index (χ3v) is 4.63. The molecule has 3 rings (SSSR count). The monoisotopic (exact) mass is 334 g/mol. The number of benzene rings is 2. The first-order chi connectivity index (χ1) is 10.6. The van der Waals surface area contributed by atoms with Crippen LogP contribution < -0.4 is 10.6 Å². The molecule has 3 nitrogen and oxygen atoms in total. The second kappa shape index (κ2) is 6.19. The molecule has 0 radical (unpaired) electrons. The van der Waals surface area contributed by atoms with Crippen LogP contribution in [0.4, 0.5) is 10.5 Å². The lowest BCUT2D eigenvalue weighted by atomic mass is 9.72. The summed E-state index contributed by atoms with van der Waals surface area (Å²) in [6.45, 7) is 0. The molecule has 1 aliphatic rings. The summed E-state index contributed by atoms with van der Waals surface area (Å²) in [6, 6.07) is 14.8. The van der Waals surface area contributed by atoms with Crippen LogP contribution in [0.25, 0.3) is 0 Å². The first kappa shape index (κ1) is 15.2. The maximum absolute atomic E-state index is 12.3. The van der Waals surface area contributed by atoms with Crippen molar-refractivity contribution in [3.8, 4) is 0 Å². The van der Waals surface area contributed by atoms with Gasteiger partial charge in [0.2, 0.25) is 0 Å². The molecule has 2 aromatic carbocycles. The molecule has 0 unspecified atom stereocenters. The van der Waals surface area contributed by atoms with E-state index in [0.29, 0.717) is 15.7 Å². The Labute approximate surface area is 139 Å². The van der Waals surface area contributed by atoms with Crippen LogP contribution in [0.3, 0.4) is 0 Å². The second-order valence-electron chi connectivity index (χ2n) is 5.50. The highest BCUT2D eigenvalue weighted by molar-refractivity contribution is 6.35. The molecule has 1 aliphatic carbocycles. The van der Waals surface area contributed by atoms with Crippen LogP contribution in [0.5, 0.6) is 0 Å². The number of carbonyl (C=O) groups excluding carboxylic acids is 1. The first-order valence-corrected chi connectivity index (χ1v) is 7.94. The van der Waals surface area contributed by atoms with Crippen molar-refractivity contribution in [2.45, 2.75) is 24.8 Å². The Morgan fingerprint density at radius 1 is 1.05 bits per heavy atom. The van der Waals surface area contributed by atoms with Crippen LogP contribution in [0.15, 0.2) is 48.5 Å². The third-order valence-electron chi connectivity index (χ3n) is 4.06. The summed E-state index contributed by atoms with van der Waals surface area (Å²) in [5.74, 6) is 0. The van der Waals surface area contributed by atoms with Crippen molar-refractivity contribution in [3.63, 3.8) is 0 Å². The van der Waals surface area contributed by atoms with E-state index < -0.39 is 0 Å². The van der Waals surface area contributed by atoms with E-state index in [4.69, 9.17) is 23.2 Å². The van der Waals surface area contributed by atoms with Crippen molar-refractivity contribution in [2.24, 2.45) is 0 Å². The minimum atomic E-state index is -0.281. The van der Waals surface area contributed by atoms with Crippen LogP contribution in [-0.4, -0.2) is 6.03 Å². The van der Waals surface area contributed by atoms with Gasteiger partial charge in [-0.25, -0.2) is 4.79 Å². The van der Waals surface area contributed by atoms with E-state index in [-0.39, 0.29) is 11.6 Å². The highest BCUT2D eigenvalue weighted by atomic mass is 35.5. The minimum Gasteiger partial charge on any atom is -0.328 e. The van der Waals surface area contributed by atoms with E-state index in [9.17, 15) is 4.79 Å². The van der Waals surface area contributed by atoms with Gasteiger partial charge in [-0.05, 0) is 43.0 Å². The zero-order valence-electron chi connectivity index (χ0n) is 11.9. The summed E-state index contributed by atoms with van der Waals surface area (Å²) >= 11 is 12.0. The van der Waals surface area contributed by atoms with Gasteiger partial charge in [0.1, 0.15) is 0 Å². The standard InChI is InChI=1S/C17H16Cl2N2O/c18-13-7-8-14(19)15(11-13)20-16(22)21-17(9-4-10-17)12-5-2-1-3-6-12/h1-3,5-8,11H,4,9-10H2,(H2,20,21,22). The van der Waals surface area contributed by atoms with Gasteiger partial charge in [0.15, 0.2) is 0 Å². The topological polar surface area (TPSA) is 41.1 Å². The fraction of sp³-hybridized carbons (Fsp3) is 0.235. The van der Waals surface area contributed by atoms with E-state index in [2.05, 4.69) is 10.6 Å². The molecule has 0 atom stereocenters. The predicted molar refractivity (Wildman–Crippen MR) is 90.6 cm³/mol. The van der Waals surface area contributed by atoms with Crippen molar-refractivity contribution in [2.75, 3.05) is 5.32 Å². The van der Waals surface area contributed by atoms with Crippen molar-refractivity contribution in [1.82, 2.24) is 5.32 Å². The van der Waals surface area contributed by atoms with Gasteiger partial charge in [0.25, 0.3) is 0 Å². The molecule has 0 aromatic heterocycles. The number of urea groups is 1. The van der Waals surface area contributed by atoms with E-state index >= 15 is 0 Å². The molecule has 0 bridgehead atoms. The van der Waals surface area contributed by atoms with Crippen LogP contribution in [-0.2, 0) is 5.54 Å². The Morgan fingerprint density at radius 2 is 1.77 bits per heavy atom. The van der Waals surface area contributed by atoms with E-state index in [1.807, 2.05) is 30.3 Å². The fourth-order valence-corrected chi connectivity index (χ4v) is 3.07. The molecule has 2 aromatic rings. The molecule has 1 saturated carbocycles. The number of carbonyl (C=O) groups is 1. The maximum atomic E-state index is 12.3.